The first-order chi connectivity index (χ1) is 8.29. The maximum Gasteiger partial charge on any atom is 0.335 e. The van der Waals surface area contributed by atoms with Crippen molar-refractivity contribution in [2.75, 3.05) is 13.1 Å². The first kappa shape index (κ1) is 16.3. The fourth-order valence-electron chi connectivity index (χ4n) is 1.10. The number of hydrogen-bond acceptors (Lipinski definition) is 6. The summed E-state index contributed by atoms with van der Waals surface area (Å²) in [6.07, 6.45) is -3.91. The number of aliphatic hydroxyl groups is 2. The minimum Gasteiger partial charge on any atom is -0.479 e. The standard InChI is InChI=1S/C5H10N2O.C4H6O6/c6-2-4-1-5(8)7-3-4;5-1(3(7)8)2(6)4(9)10/h4H,1-3,6H2,(H,7,8);1-2,5-6H,(H,7,8)(H,9,10). The number of carbonyl (C=O) groups is 3. The van der Waals surface area contributed by atoms with Gasteiger partial charge in [0.15, 0.2) is 12.2 Å². The average molecular weight is 264 g/mol. The van der Waals surface area contributed by atoms with E-state index in [4.69, 9.17) is 26.2 Å². The van der Waals surface area contributed by atoms with Crippen molar-refractivity contribution in [3.63, 3.8) is 0 Å². The molecule has 1 amide bonds. The first-order valence-electron chi connectivity index (χ1n) is 5.08. The van der Waals surface area contributed by atoms with Crippen molar-refractivity contribution in [2.24, 2.45) is 11.7 Å². The number of carbonyl (C=O) groups excluding carboxylic acids is 1. The Morgan fingerprint density at radius 1 is 1.28 bits per heavy atom. The molecule has 0 radical (unpaired) electrons. The van der Waals surface area contributed by atoms with E-state index in [0.717, 1.165) is 6.54 Å². The number of amides is 1. The molecule has 1 heterocycles. The highest BCUT2D eigenvalue weighted by atomic mass is 16.4. The van der Waals surface area contributed by atoms with Crippen molar-refractivity contribution in [1.82, 2.24) is 5.32 Å². The summed E-state index contributed by atoms with van der Waals surface area (Å²) < 4.78 is 0. The molecule has 0 bridgehead atoms. The minimum atomic E-state index is -2.27. The van der Waals surface area contributed by atoms with Gasteiger partial charge < -0.3 is 31.5 Å². The lowest BCUT2D eigenvalue weighted by Gasteiger charge is -2.07. The van der Waals surface area contributed by atoms with Crippen LogP contribution in [0.2, 0.25) is 0 Å². The number of hydrogen-bond donors (Lipinski definition) is 6. The van der Waals surface area contributed by atoms with Crippen LogP contribution < -0.4 is 11.1 Å². The van der Waals surface area contributed by atoms with Crippen LogP contribution in [0.1, 0.15) is 6.42 Å². The van der Waals surface area contributed by atoms with E-state index in [1.54, 1.807) is 0 Å². The van der Waals surface area contributed by atoms with Crippen LogP contribution in [-0.2, 0) is 14.4 Å². The summed E-state index contributed by atoms with van der Waals surface area (Å²) in [6, 6.07) is 0. The number of aliphatic carboxylic acids is 2. The summed E-state index contributed by atoms with van der Waals surface area (Å²) in [5.74, 6) is -3.01. The molecule has 0 aromatic heterocycles. The molecule has 0 spiro atoms. The highest BCUT2D eigenvalue weighted by Gasteiger charge is 2.29. The van der Waals surface area contributed by atoms with E-state index in [-0.39, 0.29) is 5.91 Å². The molecule has 3 atom stereocenters. The molecule has 1 rings (SSSR count). The molecule has 1 aliphatic heterocycles. The highest BCUT2D eigenvalue weighted by Crippen LogP contribution is 2.04. The van der Waals surface area contributed by atoms with E-state index in [9.17, 15) is 14.4 Å². The van der Waals surface area contributed by atoms with Gasteiger partial charge in [0.1, 0.15) is 0 Å². The minimum absolute atomic E-state index is 0.139. The largest absolute Gasteiger partial charge is 0.479 e. The Morgan fingerprint density at radius 2 is 1.72 bits per heavy atom. The van der Waals surface area contributed by atoms with Gasteiger partial charge in [-0.05, 0) is 12.5 Å². The van der Waals surface area contributed by atoms with Gasteiger partial charge in [-0.3, -0.25) is 4.79 Å². The Hall–Kier alpha value is -1.71. The van der Waals surface area contributed by atoms with E-state index in [2.05, 4.69) is 5.32 Å². The Morgan fingerprint density at radius 3 is 1.89 bits per heavy atom. The lowest BCUT2D eigenvalue weighted by Crippen LogP contribution is -2.39. The Labute approximate surface area is 102 Å². The van der Waals surface area contributed by atoms with Crippen LogP contribution in [0.5, 0.6) is 0 Å². The summed E-state index contributed by atoms with van der Waals surface area (Å²) in [5, 5.41) is 35.2. The topological polar surface area (TPSA) is 170 Å². The van der Waals surface area contributed by atoms with E-state index >= 15 is 0 Å². The molecule has 0 aromatic rings. The monoisotopic (exact) mass is 264 g/mol. The van der Waals surface area contributed by atoms with Crippen LogP contribution in [0.4, 0.5) is 0 Å². The van der Waals surface area contributed by atoms with Gasteiger partial charge in [0.05, 0.1) is 0 Å². The summed E-state index contributed by atoms with van der Waals surface area (Å²) in [7, 11) is 0. The predicted octanol–water partition coefficient (Wildman–Crippen LogP) is -3.04. The van der Waals surface area contributed by atoms with Gasteiger partial charge in [-0.15, -0.1) is 0 Å². The SMILES string of the molecule is NCC1CNC(=O)C1.O=C(O)C(O)C(O)C(=O)O. The third kappa shape index (κ3) is 5.57. The number of carboxylic acids is 2. The Kier molecular flexibility index (Phi) is 6.86. The average Bonchev–Trinajstić information content (AvgIpc) is 2.73. The van der Waals surface area contributed by atoms with Gasteiger partial charge in [0, 0.05) is 13.0 Å². The van der Waals surface area contributed by atoms with Crippen LogP contribution >= 0.6 is 0 Å². The molecular weight excluding hydrogens is 248 g/mol. The van der Waals surface area contributed by atoms with E-state index in [1.807, 2.05) is 0 Å². The molecule has 18 heavy (non-hydrogen) atoms. The summed E-state index contributed by atoms with van der Waals surface area (Å²) in [6.45, 7) is 1.40. The number of nitrogens with one attached hydrogen (secondary N) is 1. The fraction of sp³-hybridized carbons (Fsp3) is 0.667. The third-order valence-corrected chi connectivity index (χ3v) is 2.20. The zero-order valence-corrected chi connectivity index (χ0v) is 9.44. The second-order valence-electron chi connectivity index (χ2n) is 3.68. The summed E-state index contributed by atoms with van der Waals surface area (Å²) in [4.78, 5) is 30.0. The zero-order chi connectivity index (χ0) is 14.3. The van der Waals surface area contributed by atoms with Crippen LogP contribution in [0.15, 0.2) is 0 Å². The molecule has 9 nitrogen and oxygen atoms in total. The smallest absolute Gasteiger partial charge is 0.335 e. The summed E-state index contributed by atoms with van der Waals surface area (Å²) >= 11 is 0. The lowest BCUT2D eigenvalue weighted by atomic mass is 10.1. The molecule has 104 valence electrons. The van der Waals surface area contributed by atoms with Crippen molar-refractivity contribution in [1.29, 1.82) is 0 Å². The van der Waals surface area contributed by atoms with Gasteiger partial charge in [-0.1, -0.05) is 0 Å². The number of nitrogens with two attached hydrogens (primary N) is 1. The Bertz CT molecular complexity index is 302. The predicted molar refractivity (Wildman–Crippen MR) is 57.5 cm³/mol. The van der Waals surface area contributed by atoms with Gasteiger partial charge in [0.25, 0.3) is 0 Å². The first-order valence-corrected chi connectivity index (χ1v) is 5.08. The Balaban J connectivity index is 0.000000327. The number of carboxylic acid groups (broad SMARTS) is 2. The van der Waals surface area contributed by atoms with Crippen molar-refractivity contribution in [2.45, 2.75) is 18.6 Å². The molecule has 1 aliphatic rings. The second kappa shape index (κ2) is 7.58. The molecule has 1 saturated heterocycles. The molecule has 0 aliphatic carbocycles. The molecule has 0 aromatic carbocycles. The molecule has 3 unspecified atom stereocenters. The maximum absolute atomic E-state index is 10.4. The lowest BCUT2D eigenvalue weighted by molar-refractivity contribution is -0.165. The third-order valence-electron chi connectivity index (χ3n) is 2.20. The normalized spacial score (nSPS) is 21.3. The van der Waals surface area contributed by atoms with Crippen LogP contribution in [0.25, 0.3) is 0 Å². The van der Waals surface area contributed by atoms with Crippen molar-refractivity contribution >= 4 is 17.8 Å². The van der Waals surface area contributed by atoms with E-state index < -0.39 is 24.1 Å². The van der Waals surface area contributed by atoms with Crippen LogP contribution in [0, 0.1) is 5.92 Å². The fourth-order valence-corrected chi connectivity index (χ4v) is 1.10. The van der Waals surface area contributed by atoms with Gasteiger partial charge >= 0.3 is 11.9 Å². The van der Waals surface area contributed by atoms with E-state index in [0.29, 0.717) is 18.9 Å². The quantitative estimate of drug-likeness (QED) is 0.311. The molecule has 9 heteroatoms. The molecular formula is C9H16N2O7. The van der Waals surface area contributed by atoms with E-state index in [1.165, 1.54) is 0 Å². The van der Waals surface area contributed by atoms with Gasteiger partial charge in [-0.2, -0.15) is 0 Å². The van der Waals surface area contributed by atoms with Crippen LogP contribution in [-0.4, -0.2) is 63.6 Å². The molecule has 7 N–H and O–H groups in total. The molecule has 1 fully saturated rings. The summed E-state index contributed by atoms with van der Waals surface area (Å²) in [5.41, 5.74) is 5.30. The van der Waals surface area contributed by atoms with Crippen LogP contribution in [0.3, 0.4) is 0 Å². The maximum atomic E-state index is 10.4. The van der Waals surface area contributed by atoms with Crippen molar-refractivity contribution in [3.8, 4) is 0 Å². The number of rotatable bonds is 4. The number of aliphatic hydroxyl groups excluding tert-OH is 2. The molecule has 0 saturated carbocycles. The van der Waals surface area contributed by atoms with Crippen molar-refractivity contribution in [3.05, 3.63) is 0 Å². The highest BCUT2D eigenvalue weighted by molar-refractivity contribution is 5.83. The zero-order valence-electron chi connectivity index (χ0n) is 9.44. The van der Waals surface area contributed by atoms with Crippen molar-refractivity contribution < 1.29 is 34.8 Å². The van der Waals surface area contributed by atoms with Gasteiger partial charge in [-0.25, -0.2) is 9.59 Å². The van der Waals surface area contributed by atoms with Gasteiger partial charge in [0.2, 0.25) is 5.91 Å². The second-order valence-corrected chi connectivity index (χ2v) is 3.68.